The lowest BCUT2D eigenvalue weighted by atomic mass is 9.96. The summed E-state index contributed by atoms with van der Waals surface area (Å²) in [6, 6.07) is 0.476. The number of nitrogens with zero attached hydrogens (tertiary/aromatic N) is 5. The van der Waals surface area contributed by atoms with Crippen LogP contribution in [-0.4, -0.2) is 51.1 Å². The van der Waals surface area contributed by atoms with E-state index >= 15 is 0 Å². The summed E-state index contributed by atoms with van der Waals surface area (Å²) < 4.78 is 89.5. The third kappa shape index (κ3) is 6.85. The van der Waals surface area contributed by atoms with Gasteiger partial charge < -0.3 is 19.4 Å². The molecule has 0 aliphatic carbocycles. The third-order valence-electron chi connectivity index (χ3n) is 6.14. The summed E-state index contributed by atoms with van der Waals surface area (Å²) >= 11 is 0. The molecule has 0 saturated carbocycles. The Labute approximate surface area is 217 Å². The minimum atomic E-state index is -4.86. The molecule has 1 aliphatic rings. The fourth-order valence-electron chi connectivity index (χ4n) is 4.30. The first-order valence-corrected chi connectivity index (χ1v) is 11.9. The van der Waals surface area contributed by atoms with Gasteiger partial charge in [-0.2, -0.15) is 31.4 Å². The van der Waals surface area contributed by atoms with Crippen LogP contribution in [0.25, 0.3) is 0 Å². The Morgan fingerprint density at radius 1 is 1.15 bits per heavy atom. The Morgan fingerprint density at radius 3 is 2.51 bits per heavy atom. The predicted molar refractivity (Wildman–Crippen MR) is 125 cm³/mol. The van der Waals surface area contributed by atoms with Gasteiger partial charge in [-0.15, -0.1) is 10.2 Å². The zero-order chi connectivity index (χ0) is 28.4. The van der Waals surface area contributed by atoms with Crippen LogP contribution in [-0.2, 0) is 23.7 Å². The third-order valence-corrected chi connectivity index (χ3v) is 6.14. The first-order chi connectivity index (χ1) is 18.3. The van der Waals surface area contributed by atoms with Crippen molar-refractivity contribution in [2.45, 2.75) is 57.6 Å². The fraction of sp³-hybridized carbons (Fsp3) is 0.522. The normalized spacial score (nSPS) is 15.9. The van der Waals surface area contributed by atoms with Crippen molar-refractivity contribution < 1.29 is 35.5 Å². The number of halogens is 6. The summed E-state index contributed by atoms with van der Waals surface area (Å²) in [4.78, 5) is 17.5. The van der Waals surface area contributed by atoms with Crippen molar-refractivity contribution in [1.29, 1.82) is 0 Å². The maximum absolute atomic E-state index is 13.2. The molecule has 0 amide bonds. The monoisotopic (exact) mass is 561 g/mol. The maximum atomic E-state index is 13.2. The second kappa shape index (κ2) is 11.2. The van der Waals surface area contributed by atoms with Crippen molar-refractivity contribution in [2.24, 2.45) is 0 Å². The second-order valence-electron chi connectivity index (χ2n) is 9.20. The molecule has 1 fully saturated rings. The second-order valence-corrected chi connectivity index (χ2v) is 9.20. The molecule has 1 atom stereocenters. The Bertz CT molecular complexity index is 1330. The number of hydrogen-bond donors (Lipinski definition) is 2. The van der Waals surface area contributed by atoms with Gasteiger partial charge in [0.2, 0.25) is 11.8 Å². The van der Waals surface area contributed by atoms with Crippen molar-refractivity contribution in [3.8, 4) is 0 Å². The van der Waals surface area contributed by atoms with Crippen molar-refractivity contribution in [1.82, 2.24) is 25.4 Å². The Morgan fingerprint density at radius 2 is 1.87 bits per heavy atom. The minimum Gasteiger partial charge on any atom is -0.422 e. The summed E-state index contributed by atoms with van der Waals surface area (Å²) in [6.45, 7) is 4.14. The number of rotatable bonds is 8. The molecular formula is C23H25F6N7O3. The van der Waals surface area contributed by atoms with Crippen molar-refractivity contribution >= 4 is 11.5 Å². The van der Waals surface area contributed by atoms with E-state index < -0.39 is 40.8 Å². The van der Waals surface area contributed by atoms with Crippen LogP contribution in [0.3, 0.4) is 0 Å². The molecular weight excluding hydrogens is 536 g/mol. The van der Waals surface area contributed by atoms with Gasteiger partial charge in [0, 0.05) is 31.2 Å². The number of nitrogens with one attached hydrogen (secondary N) is 2. The van der Waals surface area contributed by atoms with E-state index in [0.29, 0.717) is 43.2 Å². The highest BCUT2D eigenvalue weighted by atomic mass is 19.4. The maximum Gasteiger partial charge on any atom is 0.423 e. The summed E-state index contributed by atoms with van der Waals surface area (Å²) in [7, 11) is 0. The summed E-state index contributed by atoms with van der Waals surface area (Å²) in [5, 5.41) is 15.8. The van der Waals surface area contributed by atoms with Crippen LogP contribution < -0.4 is 15.8 Å². The van der Waals surface area contributed by atoms with Gasteiger partial charge in [-0.3, -0.25) is 4.79 Å². The number of alkyl halides is 6. The number of aromatic amines is 1. The lowest BCUT2D eigenvalue weighted by Gasteiger charge is -2.32. The Kier molecular flexibility index (Phi) is 8.13. The van der Waals surface area contributed by atoms with Gasteiger partial charge in [-0.05, 0) is 38.3 Å². The summed E-state index contributed by atoms with van der Waals surface area (Å²) in [6.07, 6.45) is -6.35. The molecule has 0 aromatic carbocycles. The number of aromatic nitrogens is 5. The standard InChI is InChI=1S/C23H25F6N7O3/c1-12-7-15(22(24,25)26)8-30-19(12)36-5-3-14(4-6-36)21-35-33-17(39-21)11-38-10-13(2)32-16-9-31-34-20(37)18(16)23(27,28)29/h7-9,13-14H,3-6,10-11H2,1-2H3,(H2,32,34,37). The highest BCUT2D eigenvalue weighted by molar-refractivity contribution is 5.50. The molecule has 1 aliphatic heterocycles. The quantitative estimate of drug-likeness (QED) is 0.388. The minimum absolute atomic E-state index is 0.0281. The molecule has 16 heteroatoms. The lowest BCUT2D eigenvalue weighted by molar-refractivity contribution is -0.138. The van der Waals surface area contributed by atoms with E-state index in [-0.39, 0.29) is 25.0 Å². The Balaban J connectivity index is 1.26. The molecule has 3 aromatic heterocycles. The first kappa shape index (κ1) is 28.3. The average Bonchev–Trinajstić information content (AvgIpc) is 3.32. The van der Waals surface area contributed by atoms with Crippen LogP contribution in [0.4, 0.5) is 37.8 Å². The van der Waals surface area contributed by atoms with E-state index in [1.807, 2.05) is 4.90 Å². The van der Waals surface area contributed by atoms with Gasteiger partial charge in [0.1, 0.15) is 18.0 Å². The number of ether oxygens (including phenoxy) is 1. The molecule has 4 rings (SSSR count). The highest BCUT2D eigenvalue weighted by Gasteiger charge is 2.37. The average molecular weight is 561 g/mol. The summed E-state index contributed by atoms with van der Waals surface area (Å²) in [5.74, 6) is 1.04. The zero-order valence-corrected chi connectivity index (χ0v) is 20.9. The molecule has 10 nitrogen and oxygen atoms in total. The molecule has 2 N–H and O–H groups in total. The van der Waals surface area contributed by atoms with Crippen molar-refractivity contribution in [3.63, 3.8) is 0 Å². The molecule has 1 unspecified atom stereocenters. The van der Waals surface area contributed by atoms with Crippen molar-refractivity contribution in [3.05, 3.63) is 57.3 Å². The Hall–Kier alpha value is -3.69. The number of pyridine rings is 1. The van der Waals surface area contributed by atoms with E-state index in [0.717, 1.165) is 18.5 Å². The number of H-pyrrole nitrogens is 1. The highest BCUT2D eigenvalue weighted by Crippen LogP contribution is 2.34. The summed E-state index contributed by atoms with van der Waals surface area (Å²) in [5.41, 5.74) is -3.54. The van der Waals surface area contributed by atoms with Gasteiger partial charge in [-0.25, -0.2) is 10.1 Å². The zero-order valence-electron chi connectivity index (χ0n) is 20.9. The van der Waals surface area contributed by atoms with Crippen LogP contribution in [0.15, 0.2) is 27.7 Å². The number of anilines is 2. The fourth-order valence-corrected chi connectivity index (χ4v) is 4.30. The first-order valence-electron chi connectivity index (χ1n) is 11.9. The number of aryl methyl sites for hydroxylation is 1. The van der Waals surface area contributed by atoms with E-state index in [1.54, 1.807) is 18.9 Å². The molecule has 3 aromatic rings. The SMILES string of the molecule is Cc1cc(C(F)(F)F)cnc1N1CCC(c2nnc(COCC(C)Nc3cn[nH]c(=O)c3C(F)(F)F)o2)CC1. The van der Waals surface area contributed by atoms with Gasteiger partial charge in [0.05, 0.1) is 24.1 Å². The van der Waals surface area contributed by atoms with Gasteiger partial charge >= 0.3 is 12.4 Å². The molecule has 212 valence electrons. The molecule has 39 heavy (non-hydrogen) atoms. The number of piperidine rings is 1. The van der Waals surface area contributed by atoms with Crippen LogP contribution in [0, 0.1) is 6.92 Å². The predicted octanol–water partition coefficient (Wildman–Crippen LogP) is 4.30. The topological polar surface area (TPSA) is 122 Å². The van der Waals surface area contributed by atoms with Crippen LogP contribution in [0.5, 0.6) is 0 Å². The van der Waals surface area contributed by atoms with E-state index in [1.165, 1.54) is 0 Å². The van der Waals surface area contributed by atoms with Crippen LogP contribution in [0.1, 0.15) is 54.2 Å². The lowest BCUT2D eigenvalue weighted by Crippen LogP contribution is -2.34. The number of hydrogen-bond acceptors (Lipinski definition) is 9. The van der Waals surface area contributed by atoms with Crippen LogP contribution >= 0.6 is 0 Å². The van der Waals surface area contributed by atoms with E-state index in [9.17, 15) is 31.1 Å². The largest absolute Gasteiger partial charge is 0.423 e. The molecule has 0 spiro atoms. The van der Waals surface area contributed by atoms with Gasteiger partial charge in [-0.1, -0.05) is 0 Å². The smallest absolute Gasteiger partial charge is 0.422 e. The molecule has 4 heterocycles. The molecule has 1 saturated heterocycles. The molecule has 0 bridgehead atoms. The van der Waals surface area contributed by atoms with E-state index in [4.69, 9.17) is 9.15 Å². The van der Waals surface area contributed by atoms with Crippen LogP contribution in [0.2, 0.25) is 0 Å². The van der Waals surface area contributed by atoms with Gasteiger partial charge in [0.25, 0.3) is 5.56 Å². The van der Waals surface area contributed by atoms with Gasteiger partial charge in [0.15, 0.2) is 0 Å². The van der Waals surface area contributed by atoms with Crippen molar-refractivity contribution in [2.75, 3.05) is 29.9 Å². The molecule has 0 radical (unpaired) electrons. The van der Waals surface area contributed by atoms with E-state index in [2.05, 4.69) is 25.6 Å².